The van der Waals surface area contributed by atoms with Crippen LogP contribution >= 0.6 is 0 Å². The fraction of sp³-hybridized carbons (Fsp3) is 0.621. The van der Waals surface area contributed by atoms with E-state index in [1.165, 1.54) is 19.2 Å². The van der Waals surface area contributed by atoms with Crippen LogP contribution in [0.2, 0.25) is 0 Å². The van der Waals surface area contributed by atoms with Gasteiger partial charge in [-0.3, -0.25) is 4.79 Å². The van der Waals surface area contributed by atoms with Crippen molar-refractivity contribution in [3.05, 3.63) is 60.0 Å². The highest BCUT2D eigenvalue weighted by molar-refractivity contribution is 5.69. The predicted octanol–water partition coefficient (Wildman–Crippen LogP) is 6.22. The van der Waals surface area contributed by atoms with Crippen molar-refractivity contribution in [2.75, 3.05) is 13.7 Å². The molecule has 194 valence electrons. The Morgan fingerprint density at radius 1 is 1.26 bits per heavy atom. The Balaban J connectivity index is 1.72. The number of aliphatic hydroxyl groups excluding tert-OH is 1. The first-order valence-electron chi connectivity index (χ1n) is 13.0. The molecule has 3 rings (SSSR count). The van der Waals surface area contributed by atoms with Gasteiger partial charge in [-0.1, -0.05) is 62.6 Å². The Bertz CT molecular complexity index is 853. The second-order valence-electron chi connectivity index (χ2n) is 9.96. The number of carbonyl (C=O) groups excluding carboxylic acids is 1. The molecular weight excluding hydrogens is 450 g/mol. The molecule has 1 unspecified atom stereocenters. The third kappa shape index (κ3) is 7.01. The number of unbranched alkanes of at least 4 members (excludes halogenated alkanes) is 3. The van der Waals surface area contributed by atoms with E-state index in [1.54, 1.807) is 6.08 Å². The van der Waals surface area contributed by atoms with Gasteiger partial charge in [-0.15, -0.1) is 0 Å². The molecule has 0 aromatic heterocycles. The molecule has 2 fully saturated rings. The van der Waals surface area contributed by atoms with Crippen LogP contribution in [0.1, 0.15) is 70.3 Å². The number of rotatable bonds is 14. The lowest BCUT2D eigenvalue weighted by Gasteiger charge is -2.38. The molecule has 1 saturated heterocycles. The minimum absolute atomic E-state index is 0.0145. The zero-order valence-electron chi connectivity index (χ0n) is 21.0. The molecule has 2 aliphatic rings. The molecule has 0 amide bonds. The average molecular weight is 491 g/mol. The molecule has 1 aliphatic heterocycles. The van der Waals surface area contributed by atoms with E-state index in [4.69, 9.17) is 4.74 Å². The molecule has 4 nitrogen and oxygen atoms in total. The zero-order valence-corrected chi connectivity index (χ0v) is 21.0. The second-order valence-corrected chi connectivity index (χ2v) is 9.96. The summed E-state index contributed by atoms with van der Waals surface area (Å²) in [6.07, 6.45) is 12.0. The molecule has 35 heavy (non-hydrogen) atoms. The summed E-state index contributed by atoms with van der Waals surface area (Å²) in [5, 5.41) is 10.4. The van der Waals surface area contributed by atoms with E-state index < -0.39 is 12.3 Å². The fourth-order valence-electron chi connectivity index (χ4n) is 5.65. The molecule has 1 N–H and O–H groups in total. The number of alkyl halides is 1. The predicted molar refractivity (Wildman–Crippen MR) is 133 cm³/mol. The highest BCUT2D eigenvalue weighted by Crippen LogP contribution is 2.57. The molecule has 1 heterocycles. The summed E-state index contributed by atoms with van der Waals surface area (Å²) in [5.41, 5.74) is 0.815. The summed E-state index contributed by atoms with van der Waals surface area (Å²) in [6, 6.07) is 6.68. The molecule has 0 radical (unpaired) electrons. The summed E-state index contributed by atoms with van der Waals surface area (Å²) in [5.74, 6) is -0.253. The minimum atomic E-state index is -1.27. The molecule has 2 bridgehead atoms. The molecular formula is C29H40F2O4. The van der Waals surface area contributed by atoms with Crippen LogP contribution in [0.3, 0.4) is 0 Å². The van der Waals surface area contributed by atoms with Crippen LogP contribution in [-0.4, -0.2) is 43.2 Å². The molecule has 1 aliphatic carbocycles. The number of esters is 1. The van der Waals surface area contributed by atoms with Crippen LogP contribution in [0.25, 0.3) is 0 Å². The van der Waals surface area contributed by atoms with Gasteiger partial charge in [0.2, 0.25) is 0 Å². The third-order valence-corrected chi connectivity index (χ3v) is 7.66. The van der Waals surface area contributed by atoms with Crippen LogP contribution in [0, 0.1) is 17.7 Å². The van der Waals surface area contributed by atoms with E-state index in [0.717, 1.165) is 50.5 Å². The Kier molecular flexibility index (Phi) is 10.5. The van der Waals surface area contributed by atoms with E-state index in [9.17, 15) is 18.7 Å². The lowest BCUT2D eigenvalue weighted by Crippen LogP contribution is -2.39. The number of hydrogen-bond donors (Lipinski definition) is 1. The van der Waals surface area contributed by atoms with Gasteiger partial charge in [0.1, 0.15) is 18.1 Å². The summed E-state index contributed by atoms with van der Waals surface area (Å²) in [4.78, 5) is 11.3. The molecule has 6 atom stereocenters. The fourth-order valence-corrected chi connectivity index (χ4v) is 5.65. The van der Waals surface area contributed by atoms with Crippen LogP contribution in [-0.2, 0) is 19.7 Å². The maximum Gasteiger partial charge on any atom is 0.305 e. The van der Waals surface area contributed by atoms with E-state index in [-0.39, 0.29) is 35.1 Å². The summed E-state index contributed by atoms with van der Waals surface area (Å²) < 4.78 is 38.9. The van der Waals surface area contributed by atoms with E-state index in [0.29, 0.717) is 19.4 Å². The largest absolute Gasteiger partial charge is 0.469 e. The van der Waals surface area contributed by atoms with Gasteiger partial charge in [0.15, 0.2) is 0 Å². The standard InChI is InChI=1S/C29H40F2O4/c1-3-4-7-11-25(31)26(32)18-17-23-24(10-8-5-6-9-12-28(33)34-2)29(19-27(23)35-20-29)21-13-15-22(30)16-14-21/h5,8,13-18,23-27,32H,3-4,6-7,9-12,19-20H2,1-2H3/b8-5-,18-17+/t23-,24-,25?,26-,27-,29-/m0/s1. The summed E-state index contributed by atoms with van der Waals surface area (Å²) in [6.45, 7) is 2.64. The monoisotopic (exact) mass is 490 g/mol. The maximum absolute atomic E-state index is 14.4. The van der Waals surface area contributed by atoms with Crippen LogP contribution in [0.15, 0.2) is 48.6 Å². The number of ether oxygens (including phenoxy) is 2. The molecule has 1 aromatic rings. The number of methoxy groups -OCH3 is 1. The normalized spacial score (nSPS) is 27.6. The number of allylic oxidation sites excluding steroid dienone is 2. The van der Waals surface area contributed by atoms with Crippen molar-refractivity contribution in [1.82, 2.24) is 0 Å². The lowest BCUT2D eigenvalue weighted by atomic mass is 9.69. The maximum atomic E-state index is 14.4. The first-order chi connectivity index (χ1) is 16.9. The molecule has 6 heteroatoms. The quantitative estimate of drug-likeness (QED) is 0.191. The van der Waals surface area contributed by atoms with Gasteiger partial charge in [-0.2, -0.15) is 0 Å². The summed E-state index contributed by atoms with van der Waals surface area (Å²) in [7, 11) is 1.39. The second kappa shape index (κ2) is 13.3. The SMILES string of the molecule is CCCCCC(F)[C@@H](O)/C=C/[C@@H]1[C@@H]2C[C@@](c3ccc(F)cc3)(CO2)[C@H]1C/C=C\CCCC(=O)OC. The topological polar surface area (TPSA) is 55.8 Å². The van der Waals surface area contributed by atoms with E-state index in [2.05, 4.69) is 23.8 Å². The summed E-state index contributed by atoms with van der Waals surface area (Å²) >= 11 is 0. The van der Waals surface area contributed by atoms with E-state index in [1.807, 2.05) is 18.2 Å². The first-order valence-corrected chi connectivity index (χ1v) is 13.0. The minimum Gasteiger partial charge on any atom is -0.469 e. The zero-order chi connectivity index (χ0) is 25.3. The van der Waals surface area contributed by atoms with Crippen molar-refractivity contribution in [2.45, 2.75) is 88.5 Å². The van der Waals surface area contributed by atoms with Crippen molar-refractivity contribution in [3.8, 4) is 0 Å². The number of aliphatic hydroxyl groups is 1. The number of fused-ring (bicyclic) bond motifs is 2. The van der Waals surface area contributed by atoms with Crippen molar-refractivity contribution in [1.29, 1.82) is 0 Å². The van der Waals surface area contributed by atoms with Crippen molar-refractivity contribution in [3.63, 3.8) is 0 Å². The number of carbonyl (C=O) groups is 1. The number of hydrogen-bond acceptors (Lipinski definition) is 4. The Hall–Kier alpha value is -2.05. The lowest BCUT2D eigenvalue weighted by molar-refractivity contribution is -0.140. The van der Waals surface area contributed by atoms with Gasteiger partial charge < -0.3 is 14.6 Å². The van der Waals surface area contributed by atoms with Gasteiger partial charge in [0, 0.05) is 17.8 Å². The van der Waals surface area contributed by atoms with Gasteiger partial charge in [0.25, 0.3) is 0 Å². The van der Waals surface area contributed by atoms with Crippen molar-refractivity contribution < 1.29 is 28.2 Å². The van der Waals surface area contributed by atoms with Crippen molar-refractivity contribution >= 4 is 5.97 Å². The van der Waals surface area contributed by atoms with Crippen LogP contribution in [0.5, 0.6) is 0 Å². The molecule has 0 spiro atoms. The van der Waals surface area contributed by atoms with Gasteiger partial charge in [0.05, 0.1) is 19.8 Å². The third-order valence-electron chi connectivity index (χ3n) is 7.66. The smallest absolute Gasteiger partial charge is 0.305 e. The number of benzene rings is 1. The van der Waals surface area contributed by atoms with Crippen LogP contribution in [0.4, 0.5) is 8.78 Å². The highest BCUT2D eigenvalue weighted by Gasteiger charge is 2.58. The van der Waals surface area contributed by atoms with Gasteiger partial charge in [-0.25, -0.2) is 8.78 Å². The Morgan fingerprint density at radius 3 is 2.74 bits per heavy atom. The van der Waals surface area contributed by atoms with Crippen LogP contribution < -0.4 is 0 Å². The highest BCUT2D eigenvalue weighted by atomic mass is 19.1. The first kappa shape index (κ1) is 27.5. The Labute approximate surface area is 208 Å². The van der Waals surface area contributed by atoms with Crippen molar-refractivity contribution in [2.24, 2.45) is 11.8 Å². The molecule has 1 saturated carbocycles. The van der Waals surface area contributed by atoms with Gasteiger partial charge in [-0.05, 0) is 55.7 Å². The molecule has 1 aromatic carbocycles. The van der Waals surface area contributed by atoms with Gasteiger partial charge >= 0.3 is 5.97 Å². The Morgan fingerprint density at radius 2 is 2.03 bits per heavy atom. The van der Waals surface area contributed by atoms with E-state index >= 15 is 0 Å². The average Bonchev–Trinajstić information content (AvgIpc) is 3.43. The number of halogens is 2.